The normalized spacial score (nSPS) is 13.6. The number of alkyl halides is 4. The van der Waals surface area contributed by atoms with Gasteiger partial charge in [0, 0.05) is 7.05 Å². The first kappa shape index (κ1) is 16.3. The maximum absolute atomic E-state index is 12.6. The van der Waals surface area contributed by atoms with E-state index in [1.165, 1.54) is 16.3 Å². The highest BCUT2D eigenvalue weighted by Crippen LogP contribution is 2.30. The maximum Gasteiger partial charge on any atom is 0.433 e. The molecule has 2 aromatic rings. The summed E-state index contributed by atoms with van der Waals surface area (Å²) in [5, 5.41) is 0. The third kappa shape index (κ3) is 3.23. The minimum atomic E-state index is -4.54. The molecule has 0 aromatic carbocycles. The first-order valence-corrected chi connectivity index (χ1v) is 7.91. The number of fused-ring (bicyclic) bond motifs is 1. The summed E-state index contributed by atoms with van der Waals surface area (Å²) in [6.45, 7) is 1.90. The van der Waals surface area contributed by atoms with E-state index < -0.39 is 16.0 Å². The zero-order valence-electron chi connectivity index (χ0n) is 11.1. The zero-order valence-corrected chi connectivity index (χ0v) is 13.5. The molecule has 2 rings (SSSR count). The molecule has 21 heavy (non-hydrogen) atoms. The summed E-state index contributed by atoms with van der Waals surface area (Å²) >= 11 is 4.62. The average Bonchev–Trinajstić information content (AvgIpc) is 2.74. The molecule has 0 bridgehead atoms. The molecule has 0 saturated heterocycles. The molecule has 0 radical (unpaired) electrons. The van der Waals surface area contributed by atoms with Crippen LogP contribution in [0.4, 0.5) is 13.2 Å². The van der Waals surface area contributed by atoms with Gasteiger partial charge in [0.15, 0.2) is 5.82 Å². The van der Waals surface area contributed by atoms with Crippen molar-refractivity contribution in [3.8, 4) is 0 Å². The van der Waals surface area contributed by atoms with Gasteiger partial charge in [-0.15, -0.1) is 11.8 Å². The first-order chi connectivity index (χ1) is 9.75. The van der Waals surface area contributed by atoms with Crippen LogP contribution in [0.15, 0.2) is 12.3 Å². The van der Waals surface area contributed by atoms with Crippen LogP contribution in [0.5, 0.6) is 0 Å². The largest absolute Gasteiger partial charge is 0.433 e. The van der Waals surface area contributed by atoms with Gasteiger partial charge in [0.1, 0.15) is 9.85 Å². The summed E-state index contributed by atoms with van der Waals surface area (Å²) in [7, 11) is 1.58. The molecule has 1 atom stereocenters. The van der Waals surface area contributed by atoms with Crippen molar-refractivity contribution in [1.29, 1.82) is 0 Å². The van der Waals surface area contributed by atoms with Gasteiger partial charge in [-0.3, -0.25) is 4.79 Å². The second kappa shape index (κ2) is 5.96. The molecule has 0 aliphatic rings. The Morgan fingerprint density at radius 3 is 2.76 bits per heavy atom. The molecule has 0 amide bonds. The van der Waals surface area contributed by atoms with Gasteiger partial charge in [-0.2, -0.15) is 13.2 Å². The van der Waals surface area contributed by atoms with E-state index in [0.717, 1.165) is 18.0 Å². The van der Waals surface area contributed by atoms with Crippen molar-refractivity contribution in [2.45, 2.75) is 17.3 Å². The number of pyridine rings is 1. The fourth-order valence-corrected chi connectivity index (χ4v) is 3.33. The molecule has 0 N–H and O–H groups in total. The summed E-state index contributed by atoms with van der Waals surface area (Å²) in [5.41, 5.74) is -0.539. The van der Waals surface area contributed by atoms with Gasteiger partial charge in [0.25, 0.3) is 0 Å². The van der Waals surface area contributed by atoms with Gasteiger partial charge in [-0.1, -0.05) is 22.9 Å². The Labute approximate surface area is 131 Å². The highest BCUT2D eigenvalue weighted by Gasteiger charge is 2.33. The molecular formula is C12H11BrF3N3OS. The molecule has 0 aliphatic heterocycles. The fourth-order valence-electron chi connectivity index (χ4n) is 1.79. The van der Waals surface area contributed by atoms with Crippen molar-refractivity contribution >= 4 is 44.5 Å². The number of carbonyl (C=O) groups is 1. The lowest BCUT2D eigenvalue weighted by Gasteiger charge is -2.06. The highest BCUT2D eigenvalue weighted by molar-refractivity contribution is 9.11. The minimum Gasteiger partial charge on any atom is -0.323 e. The smallest absolute Gasteiger partial charge is 0.323 e. The Hall–Kier alpha value is -1.09. The summed E-state index contributed by atoms with van der Waals surface area (Å²) in [6.07, 6.45) is -3.45. The zero-order chi connectivity index (χ0) is 15.8. The predicted molar refractivity (Wildman–Crippen MR) is 78.7 cm³/mol. The standard InChI is InChI=1S/C12H11BrF3N3OS/c1-3-21-10(13)9(20)11-18-6-4-8(12(14,15)16)17-5-7(6)19(11)2/h4-5,10H,3H2,1-2H3. The molecule has 0 aliphatic carbocycles. The topological polar surface area (TPSA) is 47.8 Å². The number of aromatic nitrogens is 3. The quantitative estimate of drug-likeness (QED) is 0.599. The van der Waals surface area contributed by atoms with Crippen molar-refractivity contribution in [3.63, 3.8) is 0 Å². The third-order valence-corrected chi connectivity index (χ3v) is 4.85. The van der Waals surface area contributed by atoms with Crippen LogP contribution in [0, 0.1) is 0 Å². The number of ketones is 1. The SMILES string of the molecule is CCSC(Br)C(=O)c1nc2cc(C(F)(F)F)ncc2n1C. The van der Waals surface area contributed by atoms with E-state index in [1.54, 1.807) is 7.05 Å². The van der Waals surface area contributed by atoms with Crippen molar-refractivity contribution in [3.05, 3.63) is 23.8 Å². The van der Waals surface area contributed by atoms with Crippen LogP contribution in [0.25, 0.3) is 11.0 Å². The van der Waals surface area contributed by atoms with Gasteiger partial charge < -0.3 is 4.57 Å². The molecule has 4 nitrogen and oxygen atoms in total. The van der Waals surface area contributed by atoms with Gasteiger partial charge in [-0.05, 0) is 11.8 Å². The molecule has 1 unspecified atom stereocenters. The van der Waals surface area contributed by atoms with Crippen LogP contribution in [0.1, 0.15) is 23.2 Å². The number of imidazole rings is 1. The number of halogens is 4. The number of hydrogen-bond acceptors (Lipinski definition) is 4. The molecule has 0 fully saturated rings. The monoisotopic (exact) mass is 381 g/mol. The molecule has 0 saturated carbocycles. The van der Waals surface area contributed by atoms with Crippen molar-refractivity contribution in [2.75, 3.05) is 5.75 Å². The van der Waals surface area contributed by atoms with Gasteiger partial charge in [0.05, 0.1) is 17.2 Å². The number of carbonyl (C=O) groups excluding carboxylic acids is 1. The van der Waals surface area contributed by atoms with Gasteiger partial charge >= 0.3 is 6.18 Å². The Bertz CT molecular complexity index is 686. The van der Waals surface area contributed by atoms with Gasteiger partial charge in [-0.25, -0.2) is 9.97 Å². The van der Waals surface area contributed by atoms with E-state index in [1.807, 2.05) is 6.92 Å². The van der Waals surface area contributed by atoms with Crippen molar-refractivity contribution in [2.24, 2.45) is 7.05 Å². The molecule has 0 spiro atoms. The third-order valence-electron chi connectivity index (χ3n) is 2.80. The van der Waals surface area contributed by atoms with Crippen LogP contribution in [0.2, 0.25) is 0 Å². The highest BCUT2D eigenvalue weighted by atomic mass is 79.9. The Kier molecular flexibility index (Phi) is 4.62. The number of aryl methyl sites for hydroxylation is 1. The lowest BCUT2D eigenvalue weighted by molar-refractivity contribution is -0.141. The fraction of sp³-hybridized carbons (Fsp3) is 0.417. The summed E-state index contributed by atoms with van der Waals surface area (Å²) in [4.78, 5) is 19.6. The van der Waals surface area contributed by atoms with E-state index in [0.29, 0.717) is 5.52 Å². The molecule has 114 valence electrons. The second-order valence-corrected chi connectivity index (χ2v) is 7.09. The van der Waals surface area contributed by atoms with E-state index >= 15 is 0 Å². The lowest BCUT2D eigenvalue weighted by atomic mass is 10.3. The maximum atomic E-state index is 12.6. The number of rotatable bonds is 4. The number of Topliss-reactive ketones (excluding diaryl/α,β-unsaturated/α-hetero) is 1. The number of thioether (sulfide) groups is 1. The summed E-state index contributed by atoms with van der Waals surface area (Å²) in [6, 6.07) is 0.850. The predicted octanol–water partition coefficient (Wildman–Crippen LogP) is 3.64. The molecular weight excluding hydrogens is 371 g/mol. The average molecular weight is 382 g/mol. The van der Waals surface area contributed by atoms with Crippen LogP contribution >= 0.6 is 27.7 Å². The Balaban J connectivity index is 2.48. The van der Waals surface area contributed by atoms with Crippen LogP contribution in [0.3, 0.4) is 0 Å². The van der Waals surface area contributed by atoms with Crippen LogP contribution < -0.4 is 0 Å². The molecule has 2 heterocycles. The molecule has 2 aromatic heterocycles. The van der Waals surface area contributed by atoms with Crippen molar-refractivity contribution < 1.29 is 18.0 Å². The van der Waals surface area contributed by atoms with E-state index in [2.05, 4.69) is 25.9 Å². The number of nitrogens with zero attached hydrogens (tertiary/aromatic N) is 3. The minimum absolute atomic E-state index is 0.101. The van der Waals surface area contributed by atoms with E-state index in [9.17, 15) is 18.0 Å². The second-order valence-electron chi connectivity index (χ2n) is 4.19. The molecule has 9 heteroatoms. The lowest BCUT2D eigenvalue weighted by Crippen LogP contribution is -2.16. The number of hydrogen-bond donors (Lipinski definition) is 0. The first-order valence-electron chi connectivity index (χ1n) is 5.95. The van der Waals surface area contributed by atoms with E-state index in [4.69, 9.17) is 0 Å². The Morgan fingerprint density at radius 1 is 1.52 bits per heavy atom. The summed E-state index contributed by atoms with van der Waals surface area (Å²) in [5.74, 6) is 0.550. The van der Waals surface area contributed by atoms with Crippen LogP contribution in [-0.4, -0.2) is 30.2 Å². The van der Waals surface area contributed by atoms with Crippen LogP contribution in [-0.2, 0) is 13.2 Å². The summed E-state index contributed by atoms with van der Waals surface area (Å²) < 4.78 is 38.9. The Morgan fingerprint density at radius 2 is 2.19 bits per heavy atom. The van der Waals surface area contributed by atoms with Gasteiger partial charge in [0.2, 0.25) is 5.78 Å². The van der Waals surface area contributed by atoms with E-state index in [-0.39, 0.29) is 17.1 Å². The van der Waals surface area contributed by atoms with Crippen molar-refractivity contribution in [1.82, 2.24) is 14.5 Å².